The number of anilines is 1. The topological polar surface area (TPSA) is 46.3 Å². The molecule has 1 amide bonds. The molecule has 1 fully saturated rings. The van der Waals surface area contributed by atoms with Crippen LogP contribution in [-0.2, 0) is 17.6 Å². The van der Waals surface area contributed by atoms with Gasteiger partial charge in [-0.25, -0.2) is 0 Å². The van der Waals surface area contributed by atoms with Gasteiger partial charge in [0.1, 0.15) is 0 Å². The molecule has 5 rings (SSSR count). The van der Waals surface area contributed by atoms with Crippen molar-refractivity contribution in [2.75, 3.05) is 11.4 Å². The molecule has 0 bridgehead atoms. The van der Waals surface area contributed by atoms with E-state index in [1.165, 1.54) is 16.3 Å². The first-order valence-electron chi connectivity index (χ1n) is 12.5. The van der Waals surface area contributed by atoms with Gasteiger partial charge in [-0.2, -0.15) is 13.2 Å². The third-order valence-electron chi connectivity index (χ3n) is 7.25. The van der Waals surface area contributed by atoms with E-state index < -0.39 is 12.1 Å². The summed E-state index contributed by atoms with van der Waals surface area (Å²) in [7, 11) is 0. The van der Waals surface area contributed by atoms with Crippen LogP contribution in [0.1, 0.15) is 35.4 Å². The number of fused-ring (bicyclic) bond motifs is 1. The minimum atomic E-state index is -4.94. The molecule has 0 spiro atoms. The van der Waals surface area contributed by atoms with Crippen LogP contribution in [0.15, 0.2) is 97.1 Å². The van der Waals surface area contributed by atoms with Gasteiger partial charge in [0, 0.05) is 23.7 Å². The van der Waals surface area contributed by atoms with E-state index in [1.54, 1.807) is 12.1 Å². The zero-order chi connectivity index (χ0) is 26.0. The van der Waals surface area contributed by atoms with Gasteiger partial charge in [0.15, 0.2) is 0 Å². The number of aryl methyl sites for hydroxylation is 1. The Bertz CT molecular complexity index is 1390. The van der Waals surface area contributed by atoms with Crippen LogP contribution in [0.5, 0.6) is 0 Å². The van der Waals surface area contributed by atoms with Crippen LogP contribution >= 0.6 is 0 Å². The van der Waals surface area contributed by atoms with E-state index in [2.05, 4.69) is 30.3 Å². The molecule has 190 valence electrons. The van der Waals surface area contributed by atoms with Crippen LogP contribution < -0.4 is 10.6 Å². The molecule has 4 aromatic rings. The molecule has 3 nitrogen and oxygen atoms in total. The second-order valence-electron chi connectivity index (χ2n) is 9.98. The summed E-state index contributed by atoms with van der Waals surface area (Å²) in [6.07, 6.45) is -2.39. The largest absolute Gasteiger partial charge is 0.471 e. The van der Waals surface area contributed by atoms with Crippen LogP contribution in [-0.4, -0.2) is 24.2 Å². The fourth-order valence-electron chi connectivity index (χ4n) is 5.17. The van der Waals surface area contributed by atoms with Gasteiger partial charge < -0.3 is 10.6 Å². The van der Waals surface area contributed by atoms with Crippen molar-refractivity contribution < 1.29 is 18.0 Å². The number of amides is 1. The Hall–Kier alpha value is -3.64. The summed E-state index contributed by atoms with van der Waals surface area (Å²) in [6, 6.07) is 30.9. The monoisotopic (exact) mass is 502 g/mol. The van der Waals surface area contributed by atoms with Gasteiger partial charge in [-0.15, -0.1) is 0 Å². The van der Waals surface area contributed by atoms with Crippen molar-refractivity contribution in [1.29, 1.82) is 0 Å². The maximum absolute atomic E-state index is 13.4. The second-order valence-corrected chi connectivity index (χ2v) is 9.98. The fourth-order valence-corrected chi connectivity index (χ4v) is 5.17. The first-order chi connectivity index (χ1) is 17.7. The second kappa shape index (κ2) is 10.0. The average Bonchev–Trinajstić information content (AvgIpc) is 3.56. The molecule has 2 atom stereocenters. The normalized spacial score (nSPS) is 19.1. The molecule has 0 aliphatic heterocycles. The van der Waals surface area contributed by atoms with Crippen LogP contribution in [0.4, 0.5) is 18.9 Å². The Balaban J connectivity index is 1.27. The van der Waals surface area contributed by atoms with Crippen molar-refractivity contribution in [3.8, 4) is 0 Å². The van der Waals surface area contributed by atoms with Crippen molar-refractivity contribution in [3.63, 3.8) is 0 Å². The predicted molar refractivity (Wildman–Crippen MR) is 142 cm³/mol. The highest BCUT2D eigenvalue weighted by molar-refractivity contribution is 5.97. The molecule has 6 heteroatoms. The molecule has 2 unspecified atom stereocenters. The molecule has 1 saturated carbocycles. The van der Waals surface area contributed by atoms with E-state index in [9.17, 15) is 18.0 Å². The maximum atomic E-state index is 13.4. The summed E-state index contributed by atoms with van der Waals surface area (Å²) in [6.45, 7) is -0.0151. The lowest BCUT2D eigenvalue weighted by Gasteiger charge is -2.24. The Morgan fingerprint density at radius 3 is 2.24 bits per heavy atom. The van der Waals surface area contributed by atoms with E-state index in [1.807, 2.05) is 54.6 Å². The number of nitrogens with zero attached hydrogens (tertiary/aromatic N) is 1. The quantitative estimate of drug-likeness (QED) is 0.288. The molecule has 0 radical (unpaired) electrons. The summed E-state index contributed by atoms with van der Waals surface area (Å²) in [5.41, 5.74) is 9.74. The summed E-state index contributed by atoms with van der Waals surface area (Å²) in [4.78, 5) is 13.1. The van der Waals surface area contributed by atoms with E-state index >= 15 is 0 Å². The molecule has 1 aliphatic rings. The van der Waals surface area contributed by atoms with Crippen molar-refractivity contribution in [1.82, 2.24) is 0 Å². The predicted octanol–water partition coefficient (Wildman–Crippen LogP) is 6.80. The Kier molecular flexibility index (Phi) is 6.78. The van der Waals surface area contributed by atoms with Gasteiger partial charge in [0.2, 0.25) is 0 Å². The molecule has 0 saturated heterocycles. The van der Waals surface area contributed by atoms with Crippen molar-refractivity contribution >= 4 is 22.4 Å². The summed E-state index contributed by atoms with van der Waals surface area (Å²) < 4.78 is 40.1. The highest BCUT2D eigenvalue weighted by Gasteiger charge is 2.51. The molecular formula is C31H29F3N2O. The van der Waals surface area contributed by atoms with Crippen molar-refractivity contribution in [2.45, 2.75) is 43.3 Å². The van der Waals surface area contributed by atoms with Crippen LogP contribution in [0, 0.1) is 0 Å². The van der Waals surface area contributed by atoms with E-state index in [-0.39, 0.29) is 23.7 Å². The molecule has 0 heterocycles. The number of benzene rings is 4. The standard InChI is InChI=1S/C31H29F3N2O/c32-31(33,34)29(37)36(18-6-9-22-7-2-1-3-8-22)27-16-14-25(15-17-27)28-21-30(28,35)20-23-12-13-24-10-4-5-11-26(24)19-23/h1-5,7-8,10-17,19,28H,6,9,18,20-21,35H2. The number of halogens is 3. The minimum Gasteiger partial charge on any atom is -0.324 e. The molecule has 2 N–H and O–H groups in total. The number of nitrogens with two attached hydrogens (primary N) is 1. The van der Waals surface area contributed by atoms with Gasteiger partial charge in [-0.3, -0.25) is 4.79 Å². The summed E-state index contributed by atoms with van der Waals surface area (Å²) in [5.74, 6) is -1.72. The summed E-state index contributed by atoms with van der Waals surface area (Å²) in [5, 5.41) is 2.36. The first kappa shape index (κ1) is 25.0. The number of hydrogen-bond acceptors (Lipinski definition) is 2. The van der Waals surface area contributed by atoms with Crippen LogP contribution in [0.2, 0.25) is 0 Å². The van der Waals surface area contributed by atoms with Crippen LogP contribution in [0.25, 0.3) is 10.8 Å². The highest BCUT2D eigenvalue weighted by atomic mass is 19.4. The zero-order valence-corrected chi connectivity index (χ0v) is 20.4. The fraction of sp³-hybridized carbons (Fsp3) is 0.258. The molecular weight excluding hydrogens is 473 g/mol. The van der Waals surface area contributed by atoms with Gasteiger partial charge in [0.05, 0.1) is 0 Å². The number of carbonyl (C=O) groups is 1. The van der Waals surface area contributed by atoms with Crippen LogP contribution in [0.3, 0.4) is 0 Å². The zero-order valence-electron chi connectivity index (χ0n) is 20.4. The smallest absolute Gasteiger partial charge is 0.324 e. The van der Waals surface area contributed by atoms with E-state index in [0.29, 0.717) is 12.8 Å². The van der Waals surface area contributed by atoms with Gasteiger partial charge in [-0.1, -0.05) is 84.9 Å². The highest BCUT2D eigenvalue weighted by Crippen LogP contribution is 2.51. The third-order valence-corrected chi connectivity index (χ3v) is 7.25. The van der Waals surface area contributed by atoms with Crippen molar-refractivity contribution in [3.05, 3.63) is 114 Å². The Morgan fingerprint density at radius 2 is 1.54 bits per heavy atom. The lowest BCUT2D eigenvalue weighted by Crippen LogP contribution is -2.42. The maximum Gasteiger partial charge on any atom is 0.471 e. The Morgan fingerprint density at radius 1 is 0.865 bits per heavy atom. The lowest BCUT2D eigenvalue weighted by molar-refractivity contribution is -0.170. The molecule has 1 aliphatic carbocycles. The van der Waals surface area contributed by atoms with Gasteiger partial charge in [0.25, 0.3) is 0 Å². The van der Waals surface area contributed by atoms with E-state index in [4.69, 9.17) is 5.73 Å². The molecule has 4 aromatic carbocycles. The molecule has 0 aromatic heterocycles. The van der Waals surface area contributed by atoms with Gasteiger partial charge in [-0.05, 0) is 65.3 Å². The van der Waals surface area contributed by atoms with E-state index in [0.717, 1.165) is 28.9 Å². The Labute approximate surface area is 214 Å². The SMILES string of the molecule is NC1(Cc2ccc3ccccc3c2)CC1c1ccc(N(CCCc2ccccc2)C(=O)C(F)(F)F)cc1. The first-order valence-corrected chi connectivity index (χ1v) is 12.5. The van der Waals surface area contributed by atoms with Crippen molar-refractivity contribution in [2.24, 2.45) is 5.73 Å². The number of hydrogen-bond donors (Lipinski definition) is 1. The number of carbonyl (C=O) groups excluding carboxylic acids is 1. The minimum absolute atomic E-state index is 0.0151. The molecule has 37 heavy (non-hydrogen) atoms. The third kappa shape index (κ3) is 5.70. The van der Waals surface area contributed by atoms with Gasteiger partial charge >= 0.3 is 12.1 Å². The summed E-state index contributed by atoms with van der Waals surface area (Å²) >= 11 is 0. The lowest BCUT2D eigenvalue weighted by atomic mass is 9.97. The average molecular weight is 503 g/mol. The number of rotatable bonds is 8. The number of alkyl halides is 3.